The van der Waals surface area contributed by atoms with Crippen molar-refractivity contribution in [2.75, 3.05) is 0 Å². The second kappa shape index (κ2) is 8.68. The molecule has 0 aliphatic rings. The lowest BCUT2D eigenvalue weighted by Crippen LogP contribution is -2.14. The molecule has 0 heterocycles. The highest BCUT2D eigenvalue weighted by molar-refractivity contribution is 5.90. The van der Waals surface area contributed by atoms with E-state index in [4.69, 9.17) is 14.9 Å². The Morgan fingerprint density at radius 3 is 2.37 bits per heavy atom. The number of carbonyl (C=O) groups is 3. The van der Waals surface area contributed by atoms with E-state index >= 15 is 0 Å². The molecular formula is C13H16O6. The molecule has 1 atom stereocenters. The molecule has 1 unspecified atom stereocenters. The molecule has 6 nitrogen and oxygen atoms in total. The second-order valence-electron chi connectivity index (χ2n) is 3.65. The molecule has 0 saturated carbocycles. The van der Waals surface area contributed by atoms with Crippen LogP contribution in [0.25, 0.3) is 0 Å². The van der Waals surface area contributed by atoms with Crippen LogP contribution in [-0.4, -0.2) is 34.2 Å². The Balaban J connectivity index is 4.26. The van der Waals surface area contributed by atoms with Crippen LogP contribution < -0.4 is 0 Å². The standard InChI is InChI=1S/C13H16O6/c1-3-10(6-4-5-9(2)13(17)18)19-12(16)8-7-11(14)15/h3,5,7-8,10H,1,4,6H2,2H3,(H,14,15)(H,17,18)/b8-7-,9-5?. The van der Waals surface area contributed by atoms with E-state index in [1.165, 1.54) is 19.1 Å². The van der Waals surface area contributed by atoms with Gasteiger partial charge in [-0.2, -0.15) is 0 Å². The zero-order chi connectivity index (χ0) is 14.8. The third-order valence-electron chi connectivity index (χ3n) is 2.13. The Labute approximate surface area is 110 Å². The smallest absolute Gasteiger partial charge is 0.331 e. The van der Waals surface area contributed by atoms with Crippen molar-refractivity contribution in [3.63, 3.8) is 0 Å². The SMILES string of the molecule is C=CC(CCC=C(C)C(=O)O)OC(=O)/C=C\C(=O)O. The van der Waals surface area contributed by atoms with Crippen LogP contribution in [0, 0.1) is 0 Å². The number of ether oxygens (including phenoxy) is 1. The van der Waals surface area contributed by atoms with E-state index < -0.39 is 24.0 Å². The summed E-state index contributed by atoms with van der Waals surface area (Å²) in [6.45, 7) is 4.95. The van der Waals surface area contributed by atoms with Gasteiger partial charge < -0.3 is 14.9 Å². The average Bonchev–Trinajstić information content (AvgIpc) is 2.34. The van der Waals surface area contributed by atoms with Gasteiger partial charge in [0.25, 0.3) is 0 Å². The zero-order valence-corrected chi connectivity index (χ0v) is 10.5. The maximum Gasteiger partial charge on any atom is 0.331 e. The van der Waals surface area contributed by atoms with E-state index in [1.807, 2.05) is 0 Å². The Morgan fingerprint density at radius 1 is 1.26 bits per heavy atom. The van der Waals surface area contributed by atoms with E-state index in [-0.39, 0.29) is 5.57 Å². The highest BCUT2D eigenvalue weighted by Gasteiger charge is 2.09. The number of carboxylic acids is 2. The molecule has 0 bridgehead atoms. The first kappa shape index (κ1) is 16.6. The van der Waals surface area contributed by atoms with Crippen LogP contribution >= 0.6 is 0 Å². The van der Waals surface area contributed by atoms with Crippen LogP contribution in [0.15, 0.2) is 36.5 Å². The maximum atomic E-state index is 11.2. The molecule has 0 rings (SSSR count). The third kappa shape index (κ3) is 8.37. The summed E-state index contributed by atoms with van der Waals surface area (Å²) in [6.07, 6.45) is 4.58. The first-order chi connectivity index (χ1) is 8.86. The molecule has 0 aromatic rings. The largest absolute Gasteiger partial charge is 0.478 e. The fourth-order valence-corrected chi connectivity index (χ4v) is 1.10. The van der Waals surface area contributed by atoms with Gasteiger partial charge in [-0.05, 0) is 19.8 Å². The van der Waals surface area contributed by atoms with Crippen molar-refractivity contribution in [3.8, 4) is 0 Å². The summed E-state index contributed by atoms with van der Waals surface area (Å²) in [6, 6.07) is 0. The molecule has 0 spiro atoms. The van der Waals surface area contributed by atoms with Gasteiger partial charge in [-0.25, -0.2) is 14.4 Å². The van der Waals surface area contributed by atoms with Crippen molar-refractivity contribution < 1.29 is 29.3 Å². The predicted octanol–water partition coefficient (Wildman–Crippen LogP) is 1.54. The molecule has 0 fully saturated rings. The number of aliphatic carboxylic acids is 2. The second-order valence-corrected chi connectivity index (χ2v) is 3.65. The van der Waals surface area contributed by atoms with E-state index in [2.05, 4.69) is 6.58 Å². The zero-order valence-electron chi connectivity index (χ0n) is 10.5. The van der Waals surface area contributed by atoms with Crippen LogP contribution in [0.5, 0.6) is 0 Å². The first-order valence-corrected chi connectivity index (χ1v) is 5.51. The van der Waals surface area contributed by atoms with Gasteiger partial charge in [0.2, 0.25) is 0 Å². The fraction of sp³-hybridized carbons (Fsp3) is 0.308. The molecule has 104 valence electrons. The summed E-state index contributed by atoms with van der Waals surface area (Å²) >= 11 is 0. The number of hydrogen-bond donors (Lipinski definition) is 2. The van der Waals surface area contributed by atoms with E-state index in [0.717, 1.165) is 6.08 Å². The molecule has 0 saturated heterocycles. The molecule has 2 N–H and O–H groups in total. The number of allylic oxidation sites excluding steroid dienone is 1. The lowest BCUT2D eigenvalue weighted by atomic mass is 10.1. The van der Waals surface area contributed by atoms with Crippen molar-refractivity contribution in [1.29, 1.82) is 0 Å². The van der Waals surface area contributed by atoms with Gasteiger partial charge in [0, 0.05) is 17.7 Å². The Kier molecular flexibility index (Phi) is 7.60. The van der Waals surface area contributed by atoms with Gasteiger partial charge in [-0.1, -0.05) is 18.7 Å². The predicted molar refractivity (Wildman–Crippen MR) is 67.5 cm³/mol. The molecule has 6 heteroatoms. The molecule has 0 aliphatic heterocycles. The normalized spacial score (nSPS) is 13.0. The molecule has 0 aliphatic carbocycles. The highest BCUT2D eigenvalue weighted by atomic mass is 16.5. The van der Waals surface area contributed by atoms with Crippen LogP contribution in [0.3, 0.4) is 0 Å². The van der Waals surface area contributed by atoms with Gasteiger partial charge in [0.1, 0.15) is 6.10 Å². The van der Waals surface area contributed by atoms with Gasteiger partial charge >= 0.3 is 17.9 Å². The third-order valence-corrected chi connectivity index (χ3v) is 2.13. The first-order valence-electron chi connectivity index (χ1n) is 5.51. The summed E-state index contributed by atoms with van der Waals surface area (Å²) < 4.78 is 4.91. The van der Waals surface area contributed by atoms with Gasteiger partial charge in [0.05, 0.1) is 0 Å². The number of rotatable bonds is 8. The molecule has 19 heavy (non-hydrogen) atoms. The lowest BCUT2D eigenvalue weighted by Gasteiger charge is -2.11. The van der Waals surface area contributed by atoms with Crippen LogP contribution in [-0.2, 0) is 19.1 Å². The van der Waals surface area contributed by atoms with E-state index in [0.29, 0.717) is 18.9 Å². The van der Waals surface area contributed by atoms with E-state index in [9.17, 15) is 14.4 Å². The minimum atomic E-state index is -1.24. The number of carbonyl (C=O) groups excluding carboxylic acids is 1. The van der Waals surface area contributed by atoms with E-state index in [1.54, 1.807) is 0 Å². The van der Waals surface area contributed by atoms with Crippen molar-refractivity contribution in [1.82, 2.24) is 0 Å². The Hall–Kier alpha value is -2.37. The van der Waals surface area contributed by atoms with Gasteiger partial charge in [0.15, 0.2) is 0 Å². The summed E-state index contributed by atoms with van der Waals surface area (Å²) in [5, 5.41) is 17.0. The van der Waals surface area contributed by atoms with Crippen LogP contribution in [0.2, 0.25) is 0 Å². The van der Waals surface area contributed by atoms with Crippen molar-refractivity contribution in [2.45, 2.75) is 25.9 Å². The summed E-state index contributed by atoms with van der Waals surface area (Å²) in [5.74, 6) is -3.03. The summed E-state index contributed by atoms with van der Waals surface area (Å²) in [4.78, 5) is 31.9. The number of esters is 1. The van der Waals surface area contributed by atoms with Crippen molar-refractivity contribution >= 4 is 17.9 Å². The lowest BCUT2D eigenvalue weighted by molar-refractivity contribution is -0.141. The number of hydrogen-bond acceptors (Lipinski definition) is 4. The van der Waals surface area contributed by atoms with Crippen LogP contribution in [0.4, 0.5) is 0 Å². The average molecular weight is 268 g/mol. The fourth-order valence-electron chi connectivity index (χ4n) is 1.10. The molecule has 0 aromatic heterocycles. The molecule has 0 aromatic carbocycles. The topological polar surface area (TPSA) is 101 Å². The Morgan fingerprint density at radius 2 is 1.89 bits per heavy atom. The van der Waals surface area contributed by atoms with Gasteiger partial charge in [-0.3, -0.25) is 0 Å². The molecule has 0 amide bonds. The monoisotopic (exact) mass is 268 g/mol. The quantitative estimate of drug-likeness (QED) is 0.393. The number of carboxylic acid groups (broad SMARTS) is 2. The Bertz CT molecular complexity index is 419. The molecular weight excluding hydrogens is 252 g/mol. The summed E-state index contributed by atoms with van der Waals surface area (Å²) in [7, 11) is 0. The van der Waals surface area contributed by atoms with Crippen molar-refractivity contribution in [2.24, 2.45) is 0 Å². The highest BCUT2D eigenvalue weighted by Crippen LogP contribution is 2.07. The summed E-state index contributed by atoms with van der Waals surface area (Å²) in [5.41, 5.74) is 0.208. The van der Waals surface area contributed by atoms with Crippen molar-refractivity contribution in [3.05, 3.63) is 36.5 Å². The minimum absolute atomic E-state index is 0.208. The van der Waals surface area contributed by atoms with Gasteiger partial charge in [-0.15, -0.1) is 0 Å². The molecule has 0 radical (unpaired) electrons. The van der Waals surface area contributed by atoms with Crippen LogP contribution in [0.1, 0.15) is 19.8 Å². The minimum Gasteiger partial charge on any atom is -0.478 e. The maximum absolute atomic E-state index is 11.2.